The molecule has 0 aliphatic heterocycles. The zero-order valence-corrected chi connectivity index (χ0v) is 10.4. The number of allylic oxidation sites excluding steroid dienone is 1. The Morgan fingerprint density at radius 2 is 1.88 bits per heavy atom. The molecule has 0 fully saturated rings. The highest BCUT2D eigenvalue weighted by Gasteiger charge is 2.05. The Bertz CT molecular complexity index is 613. The molecule has 0 atom stereocenters. The molecule has 0 amide bonds. The van der Waals surface area contributed by atoms with E-state index in [0.717, 1.165) is 0 Å². The minimum absolute atomic E-state index is 0.000379. The van der Waals surface area contributed by atoms with Crippen LogP contribution in [0.2, 0.25) is 0 Å². The lowest BCUT2D eigenvalue weighted by molar-refractivity contribution is 0.542. The van der Waals surface area contributed by atoms with Gasteiger partial charge in [-0.15, -0.1) is 0 Å². The summed E-state index contributed by atoms with van der Waals surface area (Å²) in [4.78, 5) is 11.8. The maximum absolute atomic E-state index is 11.8. The molecular formula is C15H16O2. The van der Waals surface area contributed by atoms with Crippen molar-refractivity contribution in [2.45, 2.75) is 20.8 Å². The lowest BCUT2D eigenvalue weighted by Gasteiger charge is -2.10. The maximum Gasteiger partial charge on any atom is 0.193 e. The van der Waals surface area contributed by atoms with E-state index >= 15 is 0 Å². The lowest BCUT2D eigenvalue weighted by Crippen LogP contribution is -2.01. The average molecular weight is 228 g/mol. The quantitative estimate of drug-likeness (QED) is 0.742. The van der Waals surface area contributed by atoms with E-state index in [-0.39, 0.29) is 10.8 Å². The minimum Gasteiger partial charge on any atom is -0.456 e. The van der Waals surface area contributed by atoms with Gasteiger partial charge in [0.1, 0.15) is 11.3 Å². The van der Waals surface area contributed by atoms with Crippen LogP contribution in [0.3, 0.4) is 0 Å². The highest BCUT2D eigenvalue weighted by atomic mass is 16.3. The van der Waals surface area contributed by atoms with Gasteiger partial charge in [-0.25, -0.2) is 0 Å². The monoisotopic (exact) mass is 228 g/mol. The first-order chi connectivity index (χ1) is 7.96. The van der Waals surface area contributed by atoms with Crippen molar-refractivity contribution in [3.63, 3.8) is 0 Å². The van der Waals surface area contributed by atoms with Crippen molar-refractivity contribution in [1.82, 2.24) is 0 Å². The Balaban J connectivity index is 2.51. The first kappa shape index (κ1) is 11.6. The van der Waals surface area contributed by atoms with Crippen molar-refractivity contribution < 1.29 is 4.42 Å². The summed E-state index contributed by atoms with van der Waals surface area (Å²) in [5.74, 6) is 0.601. The Kier molecular flexibility index (Phi) is 2.88. The van der Waals surface area contributed by atoms with Crippen molar-refractivity contribution in [1.29, 1.82) is 0 Å². The standard InChI is InChI=1S/C15H16O2/c1-15(2,3)9-8-11-10-13(16)12-6-4-5-7-14(12)17-11/h4-10H,1-3H3. The summed E-state index contributed by atoms with van der Waals surface area (Å²) in [6.45, 7) is 6.30. The van der Waals surface area contributed by atoms with Gasteiger partial charge in [-0.1, -0.05) is 39.0 Å². The molecule has 0 N–H and O–H groups in total. The summed E-state index contributed by atoms with van der Waals surface area (Å²) in [6.07, 6.45) is 3.88. The van der Waals surface area contributed by atoms with Crippen LogP contribution in [0.4, 0.5) is 0 Å². The van der Waals surface area contributed by atoms with Crippen LogP contribution in [-0.2, 0) is 0 Å². The molecule has 0 aliphatic rings. The van der Waals surface area contributed by atoms with Gasteiger partial charge < -0.3 is 4.42 Å². The van der Waals surface area contributed by atoms with Crippen molar-refractivity contribution in [2.24, 2.45) is 5.41 Å². The zero-order valence-electron chi connectivity index (χ0n) is 10.4. The maximum atomic E-state index is 11.8. The number of para-hydroxylation sites is 1. The van der Waals surface area contributed by atoms with Crippen molar-refractivity contribution in [2.75, 3.05) is 0 Å². The predicted octanol–water partition coefficient (Wildman–Crippen LogP) is 3.85. The van der Waals surface area contributed by atoms with Gasteiger partial charge >= 0.3 is 0 Å². The lowest BCUT2D eigenvalue weighted by atomic mass is 9.96. The Morgan fingerprint density at radius 1 is 1.18 bits per heavy atom. The molecule has 1 aromatic carbocycles. The van der Waals surface area contributed by atoms with E-state index in [1.807, 2.05) is 30.4 Å². The molecule has 0 bridgehead atoms. The first-order valence-corrected chi connectivity index (χ1v) is 5.68. The van der Waals surface area contributed by atoms with E-state index in [1.165, 1.54) is 6.07 Å². The molecule has 2 rings (SSSR count). The Labute approximate surface area is 101 Å². The summed E-state index contributed by atoms with van der Waals surface area (Å²) in [5, 5.41) is 0.625. The smallest absolute Gasteiger partial charge is 0.193 e. The van der Waals surface area contributed by atoms with E-state index in [2.05, 4.69) is 20.8 Å². The number of hydrogen-bond acceptors (Lipinski definition) is 2. The number of rotatable bonds is 1. The van der Waals surface area contributed by atoms with Crippen molar-refractivity contribution >= 4 is 17.0 Å². The minimum atomic E-state index is 0.000379. The van der Waals surface area contributed by atoms with E-state index in [0.29, 0.717) is 16.7 Å². The van der Waals surface area contributed by atoms with Crippen LogP contribution < -0.4 is 5.43 Å². The van der Waals surface area contributed by atoms with Gasteiger partial charge in [-0.2, -0.15) is 0 Å². The molecule has 0 aliphatic carbocycles. The van der Waals surface area contributed by atoms with Crippen LogP contribution in [0.1, 0.15) is 26.5 Å². The fourth-order valence-corrected chi connectivity index (χ4v) is 1.54. The van der Waals surface area contributed by atoms with E-state index < -0.39 is 0 Å². The first-order valence-electron chi connectivity index (χ1n) is 5.68. The molecule has 88 valence electrons. The fraction of sp³-hybridized carbons (Fsp3) is 0.267. The third-order valence-electron chi connectivity index (χ3n) is 2.40. The van der Waals surface area contributed by atoms with Crippen LogP contribution in [0, 0.1) is 5.41 Å². The second-order valence-corrected chi connectivity index (χ2v) is 5.21. The molecule has 0 saturated carbocycles. The molecule has 0 radical (unpaired) electrons. The molecule has 2 nitrogen and oxygen atoms in total. The van der Waals surface area contributed by atoms with Gasteiger partial charge in [-0.3, -0.25) is 4.79 Å². The molecular weight excluding hydrogens is 212 g/mol. The van der Waals surface area contributed by atoms with Gasteiger partial charge in [0.2, 0.25) is 0 Å². The predicted molar refractivity (Wildman–Crippen MR) is 71.0 cm³/mol. The topological polar surface area (TPSA) is 30.2 Å². The second-order valence-electron chi connectivity index (χ2n) is 5.21. The highest BCUT2D eigenvalue weighted by molar-refractivity contribution is 5.76. The molecule has 0 spiro atoms. The van der Waals surface area contributed by atoms with Gasteiger partial charge in [0.15, 0.2) is 5.43 Å². The Hall–Kier alpha value is -1.83. The summed E-state index contributed by atoms with van der Waals surface area (Å²) in [6, 6.07) is 8.82. The van der Waals surface area contributed by atoms with E-state index in [1.54, 1.807) is 6.07 Å². The van der Waals surface area contributed by atoms with Gasteiger partial charge in [0.05, 0.1) is 5.39 Å². The second kappa shape index (κ2) is 4.21. The number of fused-ring (bicyclic) bond motifs is 1. The normalized spacial score (nSPS) is 12.4. The third kappa shape index (κ3) is 2.84. The molecule has 0 unspecified atom stereocenters. The van der Waals surface area contributed by atoms with Crippen LogP contribution in [0.25, 0.3) is 17.0 Å². The average Bonchev–Trinajstić information content (AvgIpc) is 2.26. The van der Waals surface area contributed by atoms with Crippen LogP contribution in [0.15, 0.2) is 45.6 Å². The molecule has 17 heavy (non-hydrogen) atoms. The van der Waals surface area contributed by atoms with Crippen LogP contribution in [0.5, 0.6) is 0 Å². The largest absolute Gasteiger partial charge is 0.456 e. The third-order valence-corrected chi connectivity index (χ3v) is 2.40. The van der Waals surface area contributed by atoms with E-state index in [4.69, 9.17) is 4.42 Å². The molecule has 0 saturated heterocycles. The summed E-state index contributed by atoms with van der Waals surface area (Å²) in [5.41, 5.74) is 0.707. The van der Waals surface area contributed by atoms with Gasteiger partial charge in [0, 0.05) is 6.07 Å². The van der Waals surface area contributed by atoms with E-state index in [9.17, 15) is 4.79 Å². The summed E-state index contributed by atoms with van der Waals surface area (Å²) >= 11 is 0. The van der Waals surface area contributed by atoms with Gasteiger partial charge in [0.25, 0.3) is 0 Å². The van der Waals surface area contributed by atoms with Crippen molar-refractivity contribution in [3.05, 3.63) is 52.4 Å². The number of benzene rings is 1. The molecule has 2 aromatic rings. The fourth-order valence-electron chi connectivity index (χ4n) is 1.54. The van der Waals surface area contributed by atoms with Crippen LogP contribution >= 0.6 is 0 Å². The van der Waals surface area contributed by atoms with Crippen LogP contribution in [-0.4, -0.2) is 0 Å². The Morgan fingerprint density at radius 3 is 2.59 bits per heavy atom. The number of hydrogen-bond donors (Lipinski definition) is 0. The molecule has 1 heterocycles. The highest BCUT2D eigenvalue weighted by Crippen LogP contribution is 2.18. The van der Waals surface area contributed by atoms with Gasteiger partial charge in [-0.05, 0) is 23.6 Å². The van der Waals surface area contributed by atoms with Crippen molar-refractivity contribution in [3.8, 4) is 0 Å². The summed E-state index contributed by atoms with van der Waals surface area (Å²) < 4.78 is 5.65. The molecule has 2 heteroatoms. The summed E-state index contributed by atoms with van der Waals surface area (Å²) in [7, 11) is 0. The SMILES string of the molecule is CC(C)(C)C=Cc1cc(=O)c2ccccc2o1. The zero-order chi connectivity index (χ0) is 12.5. The molecule has 1 aromatic heterocycles.